The third-order valence-electron chi connectivity index (χ3n) is 1.70. The molecule has 0 amide bonds. The number of aromatic nitrogens is 1. The number of nitrogens with two attached hydrogens (primary N) is 1. The number of carbonyl (C=O) groups is 1. The van der Waals surface area contributed by atoms with E-state index in [4.69, 9.17) is 10.8 Å². The third-order valence-corrected chi connectivity index (χ3v) is 2.31. The Morgan fingerprint density at radius 1 is 1.79 bits per heavy atom. The Labute approximate surface area is 89.6 Å². The fourth-order valence-corrected chi connectivity index (χ4v) is 1.46. The molecule has 0 aliphatic carbocycles. The molecular formula is C9H9BrN2O2. The summed E-state index contributed by atoms with van der Waals surface area (Å²) in [5, 5.41) is 8.71. The zero-order valence-electron chi connectivity index (χ0n) is 7.27. The van der Waals surface area contributed by atoms with E-state index in [-0.39, 0.29) is 11.7 Å². The van der Waals surface area contributed by atoms with Crippen molar-refractivity contribution < 1.29 is 9.90 Å². The van der Waals surface area contributed by atoms with Crippen LogP contribution in [0, 0.1) is 0 Å². The van der Waals surface area contributed by atoms with Gasteiger partial charge in [-0.2, -0.15) is 0 Å². The normalized spacial score (nSPS) is 12.1. The van der Waals surface area contributed by atoms with Gasteiger partial charge in [-0.3, -0.25) is 0 Å². The maximum Gasteiger partial charge on any atom is 0.355 e. The van der Waals surface area contributed by atoms with Crippen molar-refractivity contribution in [2.45, 2.75) is 6.04 Å². The van der Waals surface area contributed by atoms with Crippen molar-refractivity contribution in [3.8, 4) is 0 Å². The third kappa shape index (κ3) is 2.18. The van der Waals surface area contributed by atoms with Gasteiger partial charge in [0.1, 0.15) is 0 Å². The first kappa shape index (κ1) is 10.9. The molecule has 1 rings (SSSR count). The van der Waals surface area contributed by atoms with Gasteiger partial charge in [0.2, 0.25) is 0 Å². The highest BCUT2D eigenvalue weighted by Gasteiger charge is 2.11. The molecule has 1 atom stereocenters. The Hall–Kier alpha value is -1.20. The van der Waals surface area contributed by atoms with Crippen LogP contribution in [0.4, 0.5) is 0 Å². The monoisotopic (exact) mass is 256 g/mol. The summed E-state index contributed by atoms with van der Waals surface area (Å²) in [6.07, 6.45) is 2.99. The predicted molar refractivity (Wildman–Crippen MR) is 56.0 cm³/mol. The predicted octanol–water partition coefficient (Wildman–Crippen LogP) is 1.73. The van der Waals surface area contributed by atoms with Crippen molar-refractivity contribution in [1.82, 2.24) is 4.98 Å². The van der Waals surface area contributed by atoms with Gasteiger partial charge in [-0.15, -0.1) is 6.58 Å². The molecule has 0 saturated carbocycles. The molecule has 0 aliphatic heterocycles. The Kier molecular flexibility index (Phi) is 3.38. The first-order valence-corrected chi connectivity index (χ1v) is 4.62. The lowest BCUT2D eigenvalue weighted by Crippen LogP contribution is -2.09. The number of rotatable bonds is 3. The van der Waals surface area contributed by atoms with Crippen LogP contribution in [0.2, 0.25) is 0 Å². The van der Waals surface area contributed by atoms with Crippen molar-refractivity contribution in [3.63, 3.8) is 0 Å². The van der Waals surface area contributed by atoms with Gasteiger partial charge in [-0.05, 0) is 27.6 Å². The van der Waals surface area contributed by atoms with Gasteiger partial charge in [-0.1, -0.05) is 6.08 Å². The highest BCUT2D eigenvalue weighted by atomic mass is 79.9. The summed E-state index contributed by atoms with van der Waals surface area (Å²) >= 11 is 3.11. The average molecular weight is 257 g/mol. The minimum atomic E-state index is -1.07. The van der Waals surface area contributed by atoms with Crippen LogP contribution in [0.15, 0.2) is 29.4 Å². The lowest BCUT2D eigenvalue weighted by atomic mass is 10.1. The van der Waals surface area contributed by atoms with E-state index in [2.05, 4.69) is 27.5 Å². The van der Waals surface area contributed by atoms with Crippen LogP contribution in [0.5, 0.6) is 0 Å². The molecule has 1 unspecified atom stereocenters. The molecule has 1 aromatic rings. The quantitative estimate of drug-likeness (QED) is 0.808. The summed E-state index contributed by atoms with van der Waals surface area (Å²) in [4.78, 5) is 14.4. The summed E-state index contributed by atoms with van der Waals surface area (Å²) < 4.78 is 0.416. The first-order valence-electron chi connectivity index (χ1n) is 3.83. The van der Waals surface area contributed by atoms with Gasteiger partial charge in [0.05, 0.1) is 4.47 Å². The van der Waals surface area contributed by atoms with Gasteiger partial charge < -0.3 is 10.8 Å². The molecule has 1 heterocycles. The van der Waals surface area contributed by atoms with E-state index < -0.39 is 5.97 Å². The lowest BCUT2D eigenvalue weighted by Gasteiger charge is -2.07. The van der Waals surface area contributed by atoms with Gasteiger partial charge >= 0.3 is 5.97 Å². The van der Waals surface area contributed by atoms with E-state index in [0.29, 0.717) is 4.47 Å². The van der Waals surface area contributed by atoms with Crippen LogP contribution in [0.1, 0.15) is 22.1 Å². The first-order chi connectivity index (χ1) is 6.56. The van der Waals surface area contributed by atoms with Crippen LogP contribution in [-0.4, -0.2) is 16.1 Å². The summed E-state index contributed by atoms with van der Waals surface area (Å²) in [6, 6.07) is 1.30. The molecule has 4 nitrogen and oxygen atoms in total. The molecule has 0 aromatic carbocycles. The molecule has 0 saturated heterocycles. The Balaban J connectivity index is 3.12. The summed E-state index contributed by atoms with van der Waals surface area (Å²) in [7, 11) is 0. The molecular weight excluding hydrogens is 248 g/mol. The standard InChI is InChI=1S/C9H9BrN2O2/c1-2-7(11)5-3-6(10)8(9(13)14)12-4-5/h2-4,7H,1,11H2,(H,13,14). The number of pyridine rings is 1. The van der Waals surface area contributed by atoms with E-state index >= 15 is 0 Å². The molecule has 0 radical (unpaired) electrons. The largest absolute Gasteiger partial charge is 0.476 e. The van der Waals surface area contributed by atoms with E-state index in [9.17, 15) is 4.79 Å². The second-order valence-corrected chi connectivity index (χ2v) is 3.52. The summed E-state index contributed by atoms with van der Waals surface area (Å²) in [5.74, 6) is -1.07. The fourth-order valence-electron chi connectivity index (χ4n) is 0.928. The molecule has 0 aliphatic rings. The van der Waals surface area contributed by atoms with Gasteiger partial charge in [0.25, 0.3) is 0 Å². The van der Waals surface area contributed by atoms with Crippen LogP contribution < -0.4 is 5.73 Å². The van der Waals surface area contributed by atoms with Crippen molar-refractivity contribution in [1.29, 1.82) is 0 Å². The number of carboxylic acid groups (broad SMARTS) is 1. The highest BCUT2D eigenvalue weighted by Crippen LogP contribution is 2.19. The molecule has 0 bridgehead atoms. The maximum absolute atomic E-state index is 10.6. The van der Waals surface area contributed by atoms with E-state index in [1.54, 1.807) is 12.1 Å². The van der Waals surface area contributed by atoms with E-state index in [1.165, 1.54) is 6.20 Å². The van der Waals surface area contributed by atoms with Crippen LogP contribution in [-0.2, 0) is 0 Å². The molecule has 74 valence electrons. The van der Waals surface area contributed by atoms with Gasteiger partial charge in [0.15, 0.2) is 5.69 Å². The Bertz CT molecular complexity index is 379. The average Bonchev–Trinajstić information content (AvgIpc) is 2.15. The minimum absolute atomic E-state index is 0.0231. The van der Waals surface area contributed by atoms with Gasteiger partial charge in [0, 0.05) is 12.2 Å². The van der Waals surface area contributed by atoms with Crippen LogP contribution >= 0.6 is 15.9 Å². The molecule has 1 aromatic heterocycles. The van der Waals surface area contributed by atoms with Crippen molar-refractivity contribution in [2.75, 3.05) is 0 Å². The fraction of sp³-hybridized carbons (Fsp3) is 0.111. The Morgan fingerprint density at radius 2 is 2.43 bits per heavy atom. The zero-order chi connectivity index (χ0) is 10.7. The SMILES string of the molecule is C=CC(N)c1cnc(C(=O)O)c(Br)c1. The summed E-state index contributed by atoms with van der Waals surface area (Å²) in [5.41, 5.74) is 6.36. The maximum atomic E-state index is 10.6. The molecule has 0 fully saturated rings. The van der Waals surface area contributed by atoms with Crippen molar-refractivity contribution in [3.05, 3.63) is 40.6 Å². The number of nitrogens with zero attached hydrogens (tertiary/aromatic N) is 1. The van der Waals surface area contributed by atoms with Crippen LogP contribution in [0.3, 0.4) is 0 Å². The van der Waals surface area contributed by atoms with Crippen molar-refractivity contribution >= 4 is 21.9 Å². The number of halogens is 1. The molecule has 3 N–H and O–H groups in total. The number of aromatic carboxylic acids is 1. The van der Waals surface area contributed by atoms with Gasteiger partial charge in [-0.25, -0.2) is 9.78 Å². The minimum Gasteiger partial charge on any atom is -0.476 e. The smallest absolute Gasteiger partial charge is 0.355 e. The number of hydrogen-bond acceptors (Lipinski definition) is 3. The number of carboxylic acids is 1. The van der Waals surface area contributed by atoms with E-state index in [1.807, 2.05) is 0 Å². The number of hydrogen-bond donors (Lipinski definition) is 2. The Morgan fingerprint density at radius 3 is 2.86 bits per heavy atom. The topological polar surface area (TPSA) is 76.2 Å². The van der Waals surface area contributed by atoms with Crippen LogP contribution in [0.25, 0.3) is 0 Å². The lowest BCUT2D eigenvalue weighted by molar-refractivity contribution is 0.0689. The zero-order valence-corrected chi connectivity index (χ0v) is 8.86. The second-order valence-electron chi connectivity index (χ2n) is 2.67. The van der Waals surface area contributed by atoms with Crippen molar-refractivity contribution in [2.24, 2.45) is 5.73 Å². The second kappa shape index (κ2) is 4.34. The van der Waals surface area contributed by atoms with E-state index in [0.717, 1.165) is 5.56 Å². The summed E-state index contributed by atoms with van der Waals surface area (Å²) in [6.45, 7) is 3.54. The highest BCUT2D eigenvalue weighted by molar-refractivity contribution is 9.10. The molecule has 5 heteroatoms. The molecule has 14 heavy (non-hydrogen) atoms. The molecule has 0 spiro atoms.